The van der Waals surface area contributed by atoms with Gasteiger partial charge in [-0.15, -0.1) is 12.6 Å². The van der Waals surface area contributed by atoms with Crippen molar-refractivity contribution in [3.05, 3.63) is 35.4 Å². The number of benzene rings is 1. The minimum absolute atomic E-state index is 0.157. The number of amides is 1. The molecule has 0 aromatic heterocycles. The molecule has 1 unspecified atom stereocenters. The third-order valence-corrected chi connectivity index (χ3v) is 9.07. The third-order valence-electron chi connectivity index (χ3n) is 5.23. The summed E-state index contributed by atoms with van der Waals surface area (Å²) in [4.78, 5) is 17.4. The molecule has 1 aromatic carbocycles. The van der Waals surface area contributed by atoms with Crippen LogP contribution in [-0.2, 0) is 19.4 Å². The molecule has 3 rings (SSSR count). The molecule has 31 heavy (non-hydrogen) atoms. The number of rotatable bonds is 5. The fourth-order valence-electron chi connectivity index (χ4n) is 3.56. The quantitative estimate of drug-likeness (QED) is 0.0588. The summed E-state index contributed by atoms with van der Waals surface area (Å²) >= 11 is 6.34. The Kier molecular flexibility index (Phi) is 6.68. The summed E-state index contributed by atoms with van der Waals surface area (Å²) in [6.45, 7) is 0. The van der Waals surface area contributed by atoms with Crippen LogP contribution in [-0.4, -0.2) is 46.6 Å². The van der Waals surface area contributed by atoms with Crippen molar-refractivity contribution in [1.29, 1.82) is 4.78 Å². The van der Waals surface area contributed by atoms with Gasteiger partial charge in [-0.05, 0) is 17.7 Å². The normalized spacial score (nSPS) is 31.0. The molecule has 1 fully saturated rings. The molecule has 1 aliphatic carbocycles. The van der Waals surface area contributed by atoms with Gasteiger partial charge in [-0.25, -0.2) is 9.69 Å². The summed E-state index contributed by atoms with van der Waals surface area (Å²) in [5.74, 6) is 5.16. The standard InChI is InChI=1S/C19H24IN5O4S2/c1-31(23,28)19(30,16(26)24-27)9-14-8-15(25-29-14)13-4-2-12(3-5-13)6-7-17(21)10-18(20,22)11-17/h2-5,14,23,27,30H,8-11,21-22H2,1H3,(H,24,26)/t14-,17?,18?,19-,31?/m1/s1. The molecule has 7 N–H and O–H groups in total. The molecule has 0 spiro atoms. The van der Waals surface area contributed by atoms with Gasteiger partial charge >= 0.3 is 0 Å². The number of carbonyl (C=O) groups excluding carboxylic acids is 1. The zero-order chi connectivity index (χ0) is 23.1. The number of halogens is 1. The van der Waals surface area contributed by atoms with Gasteiger partial charge < -0.3 is 16.3 Å². The summed E-state index contributed by atoms with van der Waals surface area (Å²) in [5, 5.41) is 13.0. The minimum atomic E-state index is -3.45. The van der Waals surface area contributed by atoms with E-state index < -0.39 is 31.4 Å². The van der Waals surface area contributed by atoms with Crippen molar-refractivity contribution in [2.45, 2.75) is 45.0 Å². The predicted molar refractivity (Wildman–Crippen MR) is 129 cm³/mol. The molecular formula is C19H24IN5O4S2. The van der Waals surface area contributed by atoms with E-state index >= 15 is 0 Å². The number of alkyl halides is 1. The first kappa shape index (κ1) is 24.3. The molecule has 1 aromatic rings. The highest BCUT2D eigenvalue weighted by atomic mass is 127. The average molecular weight is 577 g/mol. The monoisotopic (exact) mass is 577 g/mol. The maximum atomic E-state index is 12.3. The van der Waals surface area contributed by atoms with Crippen LogP contribution in [0, 0.1) is 16.6 Å². The van der Waals surface area contributed by atoms with E-state index in [2.05, 4.69) is 52.2 Å². The number of thiol groups is 1. The van der Waals surface area contributed by atoms with E-state index in [0.29, 0.717) is 25.0 Å². The molecule has 0 saturated heterocycles. The molecule has 0 bridgehead atoms. The molecule has 0 radical (unpaired) electrons. The zero-order valence-electron chi connectivity index (χ0n) is 16.7. The van der Waals surface area contributed by atoms with E-state index in [9.17, 15) is 9.00 Å². The average Bonchev–Trinajstić information content (AvgIpc) is 3.11. The van der Waals surface area contributed by atoms with E-state index in [1.165, 1.54) is 5.48 Å². The lowest BCUT2D eigenvalue weighted by Crippen LogP contribution is -2.62. The molecule has 2 aliphatic rings. The van der Waals surface area contributed by atoms with Crippen molar-refractivity contribution >= 4 is 56.6 Å². The van der Waals surface area contributed by atoms with Crippen LogP contribution >= 0.6 is 35.2 Å². The molecule has 1 aliphatic heterocycles. The Morgan fingerprint density at radius 1 is 1.48 bits per heavy atom. The molecule has 168 valence electrons. The summed E-state index contributed by atoms with van der Waals surface area (Å²) < 4.78 is 17.9. The minimum Gasteiger partial charge on any atom is -0.392 e. The van der Waals surface area contributed by atoms with E-state index in [1.54, 1.807) is 0 Å². The largest absolute Gasteiger partial charge is 0.392 e. The number of hydrogen-bond acceptors (Lipinski definition) is 9. The Labute approximate surface area is 200 Å². The van der Waals surface area contributed by atoms with Gasteiger partial charge in [0, 0.05) is 37.5 Å². The summed E-state index contributed by atoms with van der Waals surface area (Å²) in [6.07, 6.45) is 1.94. The van der Waals surface area contributed by atoms with Crippen molar-refractivity contribution in [3.8, 4) is 11.8 Å². The molecule has 1 heterocycles. The van der Waals surface area contributed by atoms with Crippen LogP contribution in [0.5, 0.6) is 0 Å². The fraction of sp³-hybridized carbons (Fsp3) is 0.474. The predicted octanol–water partition coefficient (Wildman–Crippen LogP) is 1.31. The number of hydrogen-bond donors (Lipinski definition) is 6. The van der Waals surface area contributed by atoms with E-state index in [1.807, 2.05) is 24.3 Å². The Bertz CT molecular complexity index is 1070. The maximum Gasteiger partial charge on any atom is 0.273 e. The Morgan fingerprint density at radius 3 is 2.61 bits per heavy atom. The van der Waals surface area contributed by atoms with Crippen LogP contribution in [0.1, 0.15) is 36.8 Å². The van der Waals surface area contributed by atoms with Crippen molar-refractivity contribution < 1.29 is 19.0 Å². The highest BCUT2D eigenvalue weighted by Gasteiger charge is 2.48. The topological polar surface area (TPSA) is 164 Å². The molecule has 9 nitrogen and oxygen atoms in total. The van der Waals surface area contributed by atoms with Crippen LogP contribution in [0.15, 0.2) is 29.4 Å². The fourth-order valence-corrected chi connectivity index (χ4v) is 6.08. The Balaban J connectivity index is 1.65. The van der Waals surface area contributed by atoms with Gasteiger partial charge in [0.05, 0.1) is 24.5 Å². The number of hydroxylamine groups is 1. The second-order valence-electron chi connectivity index (χ2n) is 8.11. The number of nitrogens with zero attached hydrogens (tertiary/aromatic N) is 1. The van der Waals surface area contributed by atoms with Crippen molar-refractivity contribution in [2.24, 2.45) is 16.6 Å². The number of nitrogens with two attached hydrogens (primary N) is 2. The van der Waals surface area contributed by atoms with Crippen LogP contribution in [0.4, 0.5) is 0 Å². The lowest BCUT2D eigenvalue weighted by Gasteiger charge is -2.45. The van der Waals surface area contributed by atoms with E-state index in [0.717, 1.165) is 17.4 Å². The smallest absolute Gasteiger partial charge is 0.273 e. The zero-order valence-corrected chi connectivity index (χ0v) is 20.6. The van der Waals surface area contributed by atoms with Crippen molar-refractivity contribution in [1.82, 2.24) is 5.48 Å². The highest BCUT2D eigenvalue weighted by Crippen LogP contribution is 2.42. The molecule has 3 atom stereocenters. The number of nitrogens with one attached hydrogen (secondary N) is 2. The number of oxime groups is 1. The second kappa shape index (κ2) is 8.53. The van der Waals surface area contributed by atoms with Crippen molar-refractivity contribution in [2.75, 3.05) is 6.26 Å². The highest BCUT2D eigenvalue weighted by molar-refractivity contribution is 14.1. The Morgan fingerprint density at radius 2 is 2.10 bits per heavy atom. The molecular weight excluding hydrogens is 553 g/mol. The third kappa shape index (κ3) is 5.35. The summed E-state index contributed by atoms with van der Waals surface area (Å²) in [5.41, 5.74) is 15.3. The number of carbonyl (C=O) groups is 1. The molecule has 1 saturated carbocycles. The summed E-state index contributed by atoms with van der Waals surface area (Å²) in [6, 6.07) is 7.41. The van der Waals surface area contributed by atoms with Crippen LogP contribution in [0.25, 0.3) is 0 Å². The first-order chi connectivity index (χ1) is 14.3. The van der Waals surface area contributed by atoms with Crippen LogP contribution in [0.2, 0.25) is 0 Å². The maximum absolute atomic E-state index is 12.3. The van der Waals surface area contributed by atoms with Crippen LogP contribution < -0.4 is 16.9 Å². The van der Waals surface area contributed by atoms with E-state index in [-0.39, 0.29) is 9.97 Å². The lowest BCUT2D eigenvalue weighted by atomic mass is 9.74. The first-order valence-electron chi connectivity index (χ1n) is 9.30. The van der Waals surface area contributed by atoms with Gasteiger partial charge in [0.15, 0.2) is 4.08 Å². The van der Waals surface area contributed by atoms with Gasteiger partial charge in [0.2, 0.25) is 0 Å². The SMILES string of the molecule is CS(=N)(=O)[C@](S)(C[C@H]1CC(c2ccc(C#CC3(N)CC(N)(I)C3)cc2)=NO1)C(=O)NO. The van der Waals surface area contributed by atoms with E-state index in [4.69, 9.17) is 26.3 Å². The Hall–Kier alpha value is -1.37. The van der Waals surface area contributed by atoms with Gasteiger partial charge in [-0.1, -0.05) is 51.7 Å². The first-order valence-corrected chi connectivity index (χ1v) is 12.8. The van der Waals surface area contributed by atoms with Crippen molar-refractivity contribution in [3.63, 3.8) is 0 Å². The van der Waals surface area contributed by atoms with Gasteiger partial charge in [0.25, 0.3) is 5.91 Å². The van der Waals surface area contributed by atoms with Gasteiger partial charge in [0.1, 0.15) is 6.10 Å². The second-order valence-corrected chi connectivity index (χ2v) is 13.7. The van der Waals surface area contributed by atoms with Gasteiger partial charge in [-0.2, -0.15) is 0 Å². The van der Waals surface area contributed by atoms with Gasteiger partial charge in [-0.3, -0.25) is 14.8 Å². The molecule has 12 heteroatoms. The lowest BCUT2D eigenvalue weighted by molar-refractivity contribution is -0.130. The summed E-state index contributed by atoms with van der Waals surface area (Å²) in [7, 11) is -3.45. The van der Waals surface area contributed by atoms with Crippen LogP contribution in [0.3, 0.4) is 0 Å². The molecule has 1 amide bonds.